The quantitative estimate of drug-likeness (QED) is 0.229. The summed E-state index contributed by atoms with van der Waals surface area (Å²) < 4.78 is 5.86. The standard InChI is InChI=1S/C34H35N3O4/c38-33(35-28-15-17-31(18-16-28)41-30-12-5-2-6-13-30)25-37(23-26-9-3-1-4-10-26)29-19-21-36(22-20-29)24-27-11-7-8-14-32(27)34(39)40/h1-18,29H,19-25H2,(H,35,38)(H,39,40). The van der Waals surface area contributed by atoms with Crippen molar-refractivity contribution in [3.63, 3.8) is 0 Å². The summed E-state index contributed by atoms with van der Waals surface area (Å²) in [5.74, 6) is 0.514. The highest BCUT2D eigenvalue weighted by Crippen LogP contribution is 2.24. The van der Waals surface area contributed by atoms with Crippen LogP contribution in [0.2, 0.25) is 0 Å². The fourth-order valence-corrected chi connectivity index (χ4v) is 5.30. The molecule has 7 nitrogen and oxygen atoms in total. The van der Waals surface area contributed by atoms with E-state index in [4.69, 9.17) is 4.74 Å². The van der Waals surface area contributed by atoms with Crippen molar-refractivity contribution in [2.75, 3.05) is 25.0 Å². The lowest BCUT2D eigenvalue weighted by Gasteiger charge is -2.38. The Morgan fingerprint density at radius 1 is 0.805 bits per heavy atom. The molecule has 1 fully saturated rings. The van der Waals surface area contributed by atoms with E-state index in [2.05, 4.69) is 27.2 Å². The molecule has 210 valence electrons. The zero-order chi connectivity index (χ0) is 28.4. The average molecular weight is 550 g/mol. The number of hydrogen-bond donors (Lipinski definition) is 2. The third-order valence-corrected chi connectivity index (χ3v) is 7.41. The number of piperidine rings is 1. The first kappa shape index (κ1) is 28.1. The van der Waals surface area contributed by atoms with E-state index in [0.717, 1.165) is 42.9 Å². The van der Waals surface area contributed by atoms with E-state index in [1.807, 2.05) is 84.9 Å². The van der Waals surface area contributed by atoms with E-state index >= 15 is 0 Å². The van der Waals surface area contributed by atoms with Crippen LogP contribution in [0, 0.1) is 0 Å². The van der Waals surface area contributed by atoms with Gasteiger partial charge < -0.3 is 15.2 Å². The molecule has 1 saturated heterocycles. The Hall–Kier alpha value is -4.46. The molecule has 0 unspecified atom stereocenters. The van der Waals surface area contributed by atoms with Crippen molar-refractivity contribution in [2.45, 2.75) is 32.0 Å². The minimum absolute atomic E-state index is 0.0597. The summed E-state index contributed by atoms with van der Waals surface area (Å²) in [4.78, 5) is 29.4. The first-order valence-electron chi connectivity index (χ1n) is 14.0. The van der Waals surface area contributed by atoms with Crippen LogP contribution in [0.15, 0.2) is 109 Å². The number of benzene rings is 4. The highest BCUT2D eigenvalue weighted by atomic mass is 16.5. The summed E-state index contributed by atoms with van der Waals surface area (Å²) in [5, 5.41) is 12.6. The van der Waals surface area contributed by atoms with Crippen LogP contribution in [0.25, 0.3) is 0 Å². The summed E-state index contributed by atoms with van der Waals surface area (Å²) in [6.45, 7) is 3.26. The van der Waals surface area contributed by atoms with Crippen molar-refractivity contribution >= 4 is 17.6 Å². The summed E-state index contributed by atoms with van der Waals surface area (Å²) in [6, 6.07) is 34.7. The predicted octanol–water partition coefficient (Wildman–Crippen LogP) is 6.28. The van der Waals surface area contributed by atoms with Crippen molar-refractivity contribution in [1.82, 2.24) is 9.80 Å². The minimum atomic E-state index is -0.895. The molecule has 0 aromatic heterocycles. The summed E-state index contributed by atoms with van der Waals surface area (Å²) >= 11 is 0. The number of carbonyl (C=O) groups excluding carboxylic acids is 1. The van der Waals surface area contributed by atoms with E-state index in [1.165, 1.54) is 5.56 Å². The third-order valence-electron chi connectivity index (χ3n) is 7.41. The number of carboxylic acids is 1. The topological polar surface area (TPSA) is 82.1 Å². The molecule has 4 aromatic rings. The van der Waals surface area contributed by atoms with Gasteiger partial charge in [-0.05, 0) is 79.5 Å². The maximum atomic E-state index is 13.2. The molecule has 1 heterocycles. The van der Waals surface area contributed by atoms with Crippen LogP contribution in [-0.2, 0) is 17.9 Å². The lowest BCUT2D eigenvalue weighted by atomic mass is 10.00. The predicted molar refractivity (Wildman–Crippen MR) is 160 cm³/mol. The Kier molecular flexibility index (Phi) is 9.41. The van der Waals surface area contributed by atoms with Crippen LogP contribution in [0.4, 0.5) is 5.69 Å². The molecule has 0 radical (unpaired) electrons. The van der Waals surface area contributed by atoms with Crippen LogP contribution >= 0.6 is 0 Å². The van der Waals surface area contributed by atoms with Crippen molar-refractivity contribution in [3.8, 4) is 11.5 Å². The number of nitrogens with one attached hydrogen (secondary N) is 1. The largest absolute Gasteiger partial charge is 0.478 e. The number of likely N-dealkylation sites (tertiary alicyclic amines) is 1. The molecule has 7 heteroatoms. The lowest BCUT2D eigenvalue weighted by molar-refractivity contribution is -0.118. The number of amides is 1. The molecule has 0 spiro atoms. The Labute approximate surface area is 241 Å². The van der Waals surface area contributed by atoms with E-state index in [9.17, 15) is 14.7 Å². The molecule has 41 heavy (non-hydrogen) atoms. The Morgan fingerprint density at radius 3 is 2.10 bits per heavy atom. The van der Waals surface area contributed by atoms with Gasteiger partial charge in [-0.1, -0.05) is 66.7 Å². The van der Waals surface area contributed by atoms with Crippen molar-refractivity contribution < 1.29 is 19.4 Å². The highest BCUT2D eigenvalue weighted by Gasteiger charge is 2.27. The SMILES string of the molecule is O=C(CN(Cc1ccccc1)C1CCN(Cc2ccccc2C(=O)O)CC1)Nc1ccc(Oc2ccccc2)cc1. The molecule has 0 bridgehead atoms. The van der Waals surface area contributed by atoms with Crippen LogP contribution < -0.4 is 10.1 Å². The third kappa shape index (κ3) is 8.03. The monoisotopic (exact) mass is 549 g/mol. The number of rotatable bonds is 11. The molecule has 1 aliphatic rings. The van der Waals surface area contributed by atoms with E-state index in [0.29, 0.717) is 24.4 Å². The molecule has 0 atom stereocenters. The zero-order valence-corrected chi connectivity index (χ0v) is 23.0. The fraction of sp³-hybridized carbons (Fsp3) is 0.235. The fourth-order valence-electron chi connectivity index (χ4n) is 5.30. The number of ether oxygens (including phenoxy) is 1. The minimum Gasteiger partial charge on any atom is -0.478 e. The Bertz CT molecular complexity index is 1420. The molecule has 1 aliphatic heterocycles. The molecular formula is C34H35N3O4. The number of carboxylic acid groups (broad SMARTS) is 1. The van der Waals surface area contributed by atoms with E-state index in [1.54, 1.807) is 12.1 Å². The van der Waals surface area contributed by atoms with Crippen LogP contribution in [0.3, 0.4) is 0 Å². The average Bonchev–Trinajstić information content (AvgIpc) is 2.99. The molecule has 2 N–H and O–H groups in total. The number of hydrogen-bond acceptors (Lipinski definition) is 5. The van der Waals surface area contributed by atoms with E-state index < -0.39 is 5.97 Å². The summed E-state index contributed by atoms with van der Waals surface area (Å²) in [7, 11) is 0. The van der Waals surface area contributed by atoms with Gasteiger partial charge in [0.2, 0.25) is 5.91 Å². The van der Waals surface area contributed by atoms with Crippen molar-refractivity contribution in [3.05, 3.63) is 126 Å². The molecule has 4 aromatic carbocycles. The van der Waals surface area contributed by atoms with Gasteiger partial charge in [0.15, 0.2) is 0 Å². The summed E-state index contributed by atoms with van der Waals surface area (Å²) in [5.41, 5.74) is 3.08. The molecule has 5 rings (SSSR count). The number of anilines is 1. The number of nitrogens with zero attached hydrogens (tertiary/aromatic N) is 2. The molecule has 1 amide bonds. The van der Waals surface area contributed by atoms with Crippen molar-refractivity contribution in [2.24, 2.45) is 0 Å². The van der Waals surface area contributed by atoms with Gasteiger partial charge in [0, 0.05) is 24.8 Å². The smallest absolute Gasteiger partial charge is 0.336 e. The van der Waals surface area contributed by atoms with Crippen LogP contribution in [-0.4, -0.2) is 52.5 Å². The van der Waals surface area contributed by atoms with E-state index in [-0.39, 0.29) is 18.5 Å². The summed E-state index contributed by atoms with van der Waals surface area (Å²) in [6.07, 6.45) is 1.81. The number of para-hydroxylation sites is 1. The highest BCUT2D eigenvalue weighted by molar-refractivity contribution is 5.92. The first-order chi connectivity index (χ1) is 20.0. The number of carbonyl (C=O) groups is 2. The molecule has 0 saturated carbocycles. The van der Waals surface area contributed by atoms with Gasteiger partial charge in [0.1, 0.15) is 11.5 Å². The van der Waals surface area contributed by atoms with Crippen LogP contribution in [0.1, 0.15) is 34.3 Å². The Balaban J connectivity index is 1.19. The second kappa shape index (κ2) is 13.7. The van der Waals surface area contributed by atoms with Gasteiger partial charge in [-0.15, -0.1) is 0 Å². The molecule has 0 aliphatic carbocycles. The maximum absolute atomic E-state index is 13.2. The molecular weight excluding hydrogens is 514 g/mol. The van der Waals surface area contributed by atoms with Gasteiger partial charge in [-0.2, -0.15) is 0 Å². The zero-order valence-electron chi connectivity index (χ0n) is 23.0. The van der Waals surface area contributed by atoms with Gasteiger partial charge in [-0.3, -0.25) is 14.6 Å². The lowest BCUT2D eigenvalue weighted by Crippen LogP contribution is -2.47. The second-order valence-electron chi connectivity index (χ2n) is 10.3. The van der Waals surface area contributed by atoms with Gasteiger partial charge >= 0.3 is 5.97 Å². The van der Waals surface area contributed by atoms with Gasteiger partial charge in [-0.25, -0.2) is 4.79 Å². The number of aromatic carboxylic acids is 1. The normalized spacial score (nSPS) is 14.1. The van der Waals surface area contributed by atoms with Gasteiger partial charge in [0.05, 0.1) is 12.1 Å². The first-order valence-corrected chi connectivity index (χ1v) is 14.0. The maximum Gasteiger partial charge on any atom is 0.336 e. The van der Waals surface area contributed by atoms with Crippen LogP contribution in [0.5, 0.6) is 11.5 Å². The van der Waals surface area contributed by atoms with Gasteiger partial charge in [0.25, 0.3) is 0 Å². The second-order valence-corrected chi connectivity index (χ2v) is 10.3. The Morgan fingerprint density at radius 2 is 1.41 bits per heavy atom. The van der Waals surface area contributed by atoms with Crippen molar-refractivity contribution in [1.29, 1.82) is 0 Å².